The monoisotopic (exact) mass is 468 g/mol. The van der Waals surface area contributed by atoms with Crippen LogP contribution in [0.3, 0.4) is 0 Å². The van der Waals surface area contributed by atoms with E-state index in [0.717, 1.165) is 25.9 Å². The van der Waals surface area contributed by atoms with Crippen LogP contribution in [0.15, 0.2) is 18.3 Å². The largest absolute Gasteiger partial charge is 0.489 e. The number of anilines is 2. The lowest BCUT2D eigenvalue weighted by Gasteiger charge is -2.33. The highest BCUT2D eigenvalue weighted by molar-refractivity contribution is 5.93. The zero-order chi connectivity index (χ0) is 24.5. The Kier molecular flexibility index (Phi) is 8.87. The Morgan fingerprint density at radius 1 is 1.35 bits per heavy atom. The lowest BCUT2D eigenvalue weighted by Crippen LogP contribution is -2.36. The number of pyridine rings is 1. The van der Waals surface area contributed by atoms with Gasteiger partial charge in [0.25, 0.3) is 5.91 Å². The molecule has 0 radical (unpaired) electrons. The highest BCUT2D eigenvalue weighted by Crippen LogP contribution is 2.26. The van der Waals surface area contributed by atoms with Crippen LogP contribution in [0.2, 0.25) is 0 Å². The molecular weight excluding hydrogens is 436 g/mol. The SMILES string of the molecule is C#Cc1cnc(N)c(OCC2CCN(c3cc(C(=O)NCC)nc(O[C@H](C)COC)n3)CC2)c1. The molecule has 0 unspecified atom stereocenters. The third-order valence-corrected chi connectivity index (χ3v) is 5.43. The van der Waals surface area contributed by atoms with E-state index in [1.165, 1.54) is 0 Å². The maximum Gasteiger partial charge on any atom is 0.319 e. The molecule has 10 nitrogen and oxygen atoms in total. The number of terminal acetylenes is 1. The maximum absolute atomic E-state index is 12.4. The lowest BCUT2D eigenvalue weighted by atomic mass is 9.98. The number of hydrogen-bond acceptors (Lipinski definition) is 9. The fourth-order valence-electron chi connectivity index (χ4n) is 3.63. The first kappa shape index (κ1) is 25.1. The summed E-state index contributed by atoms with van der Waals surface area (Å²) in [4.78, 5) is 27.5. The molecule has 1 fully saturated rings. The number of carbonyl (C=O) groups excluding carboxylic acids is 1. The number of nitrogens with zero attached hydrogens (tertiary/aromatic N) is 4. The van der Waals surface area contributed by atoms with Gasteiger partial charge in [0, 0.05) is 50.6 Å². The number of ether oxygens (including phenoxy) is 3. The molecule has 3 heterocycles. The molecule has 34 heavy (non-hydrogen) atoms. The van der Waals surface area contributed by atoms with Gasteiger partial charge in [-0.3, -0.25) is 4.79 Å². The number of nitrogen functional groups attached to an aromatic ring is 1. The smallest absolute Gasteiger partial charge is 0.319 e. The molecular formula is C24H32N6O4. The molecule has 2 aromatic rings. The zero-order valence-electron chi connectivity index (χ0n) is 19.9. The van der Waals surface area contributed by atoms with E-state index >= 15 is 0 Å². The van der Waals surface area contributed by atoms with Gasteiger partial charge >= 0.3 is 6.01 Å². The number of nitrogens with one attached hydrogen (secondary N) is 1. The van der Waals surface area contributed by atoms with Crippen LogP contribution in [0.25, 0.3) is 0 Å². The van der Waals surface area contributed by atoms with Gasteiger partial charge in [0.05, 0.1) is 13.2 Å². The average molecular weight is 469 g/mol. The van der Waals surface area contributed by atoms with E-state index in [0.29, 0.717) is 48.6 Å². The second kappa shape index (κ2) is 12.0. The number of aromatic nitrogens is 3. The molecule has 1 amide bonds. The summed E-state index contributed by atoms with van der Waals surface area (Å²) in [7, 11) is 1.60. The number of methoxy groups -OCH3 is 1. The van der Waals surface area contributed by atoms with Crippen LogP contribution in [0.5, 0.6) is 11.8 Å². The molecule has 3 rings (SSSR count). The molecule has 0 spiro atoms. The third-order valence-electron chi connectivity index (χ3n) is 5.43. The molecule has 3 N–H and O–H groups in total. The van der Waals surface area contributed by atoms with Crippen LogP contribution < -0.4 is 25.4 Å². The Bertz CT molecular complexity index is 1020. The van der Waals surface area contributed by atoms with Gasteiger partial charge in [-0.05, 0) is 32.6 Å². The summed E-state index contributed by atoms with van der Waals surface area (Å²) in [6, 6.07) is 3.59. The van der Waals surface area contributed by atoms with Gasteiger partial charge in [-0.2, -0.15) is 9.97 Å². The second-order valence-corrected chi connectivity index (χ2v) is 8.13. The maximum atomic E-state index is 12.4. The van der Waals surface area contributed by atoms with E-state index in [9.17, 15) is 4.79 Å². The van der Waals surface area contributed by atoms with E-state index in [1.54, 1.807) is 25.4 Å². The van der Waals surface area contributed by atoms with Crippen LogP contribution in [-0.4, -0.2) is 66.9 Å². The van der Waals surface area contributed by atoms with E-state index < -0.39 is 0 Å². The quantitative estimate of drug-likeness (QED) is 0.503. The molecule has 1 atom stereocenters. The molecule has 1 aliphatic rings. The molecule has 0 aromatic carbocycles. The van der Waals surface area contributed by atoms with Crippen LogP contribution in [0, 0.1) is 18.3 Å². The van der Waals surface area contributed by atoms with Gasteiger partial charge in [0.15, 0.2) is 11.6 Å². The molecule has 0 aliphatic carbocycles. The molecule has 0 saturated carbocycles. The Morgan fingerprint density at radius 3 is 2.79 bits per heavy atom. The predicted molar refractivity (Wildman–Crippen MR) is 129 cm³/mol. The molecule has 1 saturated heterocycles. The summed E-state index contributed by atoms with van der Waals surface area (Å²) < 4.78 is 16.8. The molecule has 2 aromatic heterocycles. The van der Waals surface area contributed by atoms with Crippen molar-refractivity contribution in [2.24, 2.45) is 5.92 Å². The predicted octanol–water partition coefficient (Wildman–Crippen LogP) is 1.89. The second-order valence-electron chi connectivity index (χ2n) is 8.13. The number of piperidine rings is 1. The first-order valence-corrected chi connectivity index (χ1v) is 11.4. The normalized spacial score (nSPS) is 14.8. The average Bonchev–Trinajstić information content (AvgIpc) is 2.84. The first-order chi connectivity index (χ1) is 16.4. The topological polar surface area (TPSA) is 125 Å². The van der Waals surface area contributed by atoms with Gasteiger partial charge in [-0.25, -0.2) is 4.98 Å². The Morgan fingerprint density at radius 2 is 2.12 bits per heavy atom. The van der Waals surface area contributed by atoms with E-state index in [4.69, 9.17) is 26.4 Å². The number of amides is 1. The third kappa shape index (κ3) is 6.71. The number of carbonyl (C=O) groups is 1. The van der Waals surface area contributed by atoms with Crippen molar-refractivity contribution in [1.82, 2.24) is 20.3 Å². The van der Waals surface area contributed by atoms with Crippen molar-refractivity contribution in [3.05, 3.63) is 29.6 Å². The standard InChI is InChI=1S/C24H32N6O4/c1-5-17-11-20(22(25)27-13-17)33-15-18-7-9-30(10-8-18)21-12-19(23(31)26-6-2)28-24(29-21)34-16(3)14-32-4/h1,11-13,16,18H,6-10,14-15H2,2-4H3,(H2,25,27)(H,26,31)/t16-/m1/s1. The molecule has 0 bridgehead atoms. The van der Waals surface area contributed by atoms with E-state index in [1.807, 2.05) is 13.8 Å². The number of nitrogens with two attached hydrogens (primary N) is 1. The minimum atomic E-state index is -0.265. The molecule has 10 heteroatoms. The highest BCUT2D eigenvalue weighted by atomic mass is 16.5. The van der Waals surface area contributed by atoms with Gasteiger partial charge < -0.3 is 30.2 Å². The van der Waals surface area contributed by atoms with Crippen LogP contribution in [-0.2, 0) is 4.74 Å². The Hall–Kier alpha value is -3.58. The van der Waals surface area contributed by atoms with Crippen molar-refractivity contribution in [2.75, 3.05) is 50.6 Å². The Labute approximate surface area is 200 Å². The lowest BCUT2D eigenvalue weighted by molar-refractivity contribution is 0.0843. The van der Waals surface area contributed by atoms with Crippen molar-refractivity contribution < 1.29 is 19.0 Å². The summed E-state index contributed by atoms with van der Waals surface area (Å²) >= 11 is 0. The first-order valence-electron chi connectivity index (χ1n) is 11.4. The van der Waals surface area contributed by atoms with Gasteiger partial charge in [-0.15, -0.1) is 6.42 Å². The van der Waals surface area contributed by atoms with Gasteiger partial charge in [0.2, 0.25) is 0 Å². The van der Waals surface area contributed by atoms with Crippen LogP contribution in [0.1, 0.15) is 42.7 Å². The van der Waals surface area contributed by atoms with Crippen molar-refractivity contribution in [1.29, 1.82) is 0 Å². The highest BCUT2D eigenvalue weighted by Gasteiger charge is 2.24. The van der Waals surface area contributed by atoms with E-state index in [-0.39, 0.29) is 23.7 Å². The summed E-state index contributed by atoms with van der Waals surface area (Å²) in [5, 5.41) is 2.78. The van der Waals surface area contributed by atoms with Crippen molar-refractivity contribution in [3.8, 4) is 24.1 Å². The van der Waals surface area contributed by atoms with Gasteiger partial charge in [0.1, 0.15) is 17.6 Å². The van der Waals surface area contributed by atoms with E-state index in [2.05, 4.69) is 31.1 Å². The molecule has 182 valence electrons. The van der Waals surface area contributed by atoms with Crippen molar-refractivity contribution in [2.45, 2.75) is 32.8 Å². The minimum Gasteiger partial charge on any atom is -0.489 e. The number of hydrogen-bond donors (Lipinski definition) is 2. The fourth-order valence-corrected chi connectivity index (χ4v) is 3.63. The minimum absolute atomic E-state index is 0.158. The van der Waals surface area contributed by atoms with Crippen molar-refractivity contribution in [3.63, 3.8) is 0 Å². The van der Waals surface area contributed by atoms with Crippen molar-refractivity contribution >= 4 is 17.5 Å². The summed E-state index contributed by atoms with van der Waals surface area (Å²) in [5.74, 6) is 4.10. The Balaban J connectivity index is 1.65. The zero-order valence-corrected chi connectivity index (χ0v) is 19.9. The summed E-state index contributed by atoms with van der Waals surface area (Å²) in [5.41, 5.74) is 6.81. The molecule has 1 aliphatic heterocycles. The van der Waals surface area contributed by atoms with Crippen LogP contribution >= 0.6 is 0 Å². The van der Waals surface area contributed by atoms with Crippen LogP contribution in [0.4, 0.5) is 11.6 Å². The summed E-state index contributed by atoms with van der Waals surface area (Å²) in [6.45, 7) is 6.64. The number of rotatable bonds is 10. The van der Waals surface area contributed by atoms with Gasteiger partial charge in [-0.1, -0.05) is 5.92 Å². The fraction of sp³-hybridized carbons (Fsp3) is 0.500. The summed E-state index contributed by atoms with van der Waals surface area (Å²) in [6.07, 6.45) is 8.51.